The van der Waals surface area contributed by atoms with Crippen molar-refractivity contribution in [3.8, 4) is 0 Å². The molecule has 2 aliphatic rings. The molecule has 150 valence electrons. The number of benzene rings is 2. The summed E-state index contributed by atoms with van der Waals surface area (Å²) in [4.78, 5) is 41.0. The van der Waals surface area contributed by atoms with Crippen LogP contribution in [0.4, 0.5) is 11.4 Å². The lowest BCUT2D eigenvalue weighted by atomic mass is 10.0. The lowest BCUT2D eigenvalue weighted by Gasteiger charge is -2.29. The first kappa shape index (κ1) is 19.5. The summed E-state index contributed by atoms with van der Waals surface area (Å²) < 4.78 is 0. The van der Waals surface area contributed by atoms with Crippen LogP contribution in [0.3, 0.4) is 0 Å². The summed E-state index contributed by atoms with van der Waals surface area (Å²) in [5.41, 5.74) is 3.26. The number of amides is 3. The smallest absolute Gasteiger partial charge is 0.255 e. The maximum Gasteiger partial charge on any atom is 0.255 e. The molecule has 0 bridgehead atoms. The van der Waals surface area contributed by atoms with Gasteiger partial charge in [0.2, 0.25) is 11.8 Å². The van der Waals surface area contributed by atoms with Crippen LogP contribution in [0.1, 0.15) is 29.3 Å². The lowest BCUT2D eigenvalue weighted by molar-refractivity contribution is -0.119. The van der Waals surface area contributed by atoms with Crippen LogP contribution in [0.2, 0.25) is 0 Å². The van der Waals surface area contributed by atoms with E-state index in [2.05, 4.69) is 5.32 Å². The van der Waals surface area contributed by atoms with Crippen LogP contribution in [0.15, 0.2) is 48.5 Å². The Morgan fingerprint density at radius 2 is 1.90 bits per heavy atom. The van der Waals surface area contributed by atoms with Gasteiger partial charge in [-0.05, 0) is 48.7 Å². The number of aryl methyl sites for hydroxylation is 1. The largest absolute Gasteiger partial charge is 0.324 e. The summed E-state index contributed by atoms with van der Waals surface area (Å²) >= 11 is 1.58. The van der Waals surface area contributed by atoms with E-state index in [4.69, 9.17) is 0 Å². The zero-order valence-corrected chi connectivity index (χ0v) is 17.1. The summed E-state index contributed by atoms with van der Waals surface area (Å²) in [6, 6.07) is 14.2. The molecular formula is C22H23N3O3S. The Hall–Kier alpha value is -2.80. The number of anilines is 2. The third-order valence-electron chi connectivity index (χ3n) is 5.31. The third kappa shape index (κ3) is 4.00. The predicted octanol–water partition coefficient (Wildman–Crippen LogP) is 3.14. The summed E-state index contributed by atoms with van der Waals surface area (Å²) in [6.45, 7) is 2.30. The lowest BCUT2D eigenvalue weighted by Crippen LogP contribution is -2.44. The maximum absolute atomic E-state index is 12.9. The molecule has 4 rings (SSSR count). The molecule has 0 saturated carbocycles. The second-order valence-corrected chi connectivity index (χ2v) is 8.26. The van der Waals surface area contributed by atoms with E-state index in [1.54, 1.807) is 40.6 Å². The molecule has 0 unspecified atom stereocenters. The zero-order valence-electron chi connectivity index (χ0n) is 16.3. The van der Waals surface area contributed by atoms with Crippen LogP contribution in [-0.2, 0) is 16.0 Å². The number of carbonyl (C=O) groups excluding carboxylic acids is 3. The van der Waals surface area contributed by atoms with Crippen molar-refractivity contribution in [3.63, 3.8) is 0 Å². The Morgan fingerprint density at radius 3 is 2.66 bits per heavy atom. The summed E-state index contributed by atoms with van der Waals surface area (Å²) in [5.74, 6) is 0.800. The molecule has 0 radical (unpaired) electrons. The molecule has 29 heavy (non-hydrogen) atoms. The molecule has 1 N–H and O–H groups in total. The minimum absolute atomic E-state index is 0.0285. The predicted molar refractivity (Wildman–Crippen MR) is 115 cm³/mol. The molecule has 1 saturated heterocycles. The van der Waals surface area contributed by atoms with Gasteiger partial charge in [0.05, 0.1) is 5.88 Å². The summed E-state index contributed by atoms with van der Waals surface area (Å²) in [7, 11) is 0. The highest BCUT2D eigenvalue weighted by atomic mass is 32.2. The Labute approximate surface area is 174 Å². The molecule has 0 spiro atoms. The summed E-state index contributed by atoms with van der Waals surface area (Å²) in [5, 5.41) is 2.96. The van der Waals surface area contributed by atoms with E-state index in [0.717, 1.165) is 30.6 Å². The molecule has 6 nitrogen and oxygen atoms in total. The van der Waals surface area contributed by atoms with Crippen molar-refractivity contribution < 1.29 is 14.4 Å². The van der Waals surface area contributed by atoms with Gasteiger partial charge in [-0.15, -0.1) is 11.8 Å². The highest BCUT2D eigenvalue weighted by Gasteiger charge is 2.35. The van der Waals surface area contributed by atoms with Gasteiger partial charge < -0.3 is 15.1 Å². The Kier molecular flexibility index (Phi) is 5.58. The highest BCUT2D eigenvalue weighted by molar-refractivity contribution is 7.99. The van der Waals surface area contributed by atoms with Gasteiger partial charge in [0, 0.05) is 36.2 Å². The second kappa shape index (κ2) is 8.29. The Morgan fingerprint density at radius 1 is 1.10 bits per heavy atom. The number of nitrogens with one attached hydrogen (secondary N) is 1. The second-order valence-electron chi connectivity index (χ2n) is 7.26. The number of thioether (sulfide) groups is 1. The minimum Gasteiger partial charge on any atom is -0.324 e. The van der Waals surface area contributed by atoms with Crippen molar-refractivity contribution in [2.24, 2.45) is 0 Å². The van der Waals surface area contributed by atoms with Gasteiger partial charge in [-0.3, -0.25) is 14.4 Å². The molecular weight excluding hydrogens is 386 g/mol. The quantitative estimate of drug-likeness (QED) is 0.846. The van der Waals surface area contributed by atoms with Crippen molar-refractivity contribution >= 4 is 40.9 Å². The fourth-order valence-corrected chi connectivity index (χ4v) is 4.99. The molecule has 1 atom stereocenters. The first-order valence-corrected chi connectivity index (χ1v) is 10.9. The van der Waals surface area contributed by atoms with Crippen molar-refractivity contribution in [1.82, 2.24) is 4.90 Å². The maximum atomic E-state index is 12.9. The minimum atomic E-state index is -0.502. The van der Waals surface area contributed by atoms with Crippen molar-refractivity contribution in [2.75, 3.05) is 28.4 Å². The van der Waals surface area contributed by atoms with Crippen LogP contribution < -0.4 is 10.2 Å². The first-order valence-electron chi connectivity index (χ1n) is 9.70. The Balaban J connectivity index is 1.49. The average molecular weight is 410 g/mol. The molecule has 1 fully saturated rings. The Bertz CT molecular complexity index is 948. The number of hydrogen-bond acceptors (Lipinski definition) is 4. The molecule has 0 aromatic heterocycles. The zero-order chi connectivity index (χ0) is 20.4. The van der Waals surface area contributed by atoms with E-state index in [1.807, 2.05) is 36.4 Å². The van der Waals surface area contributed by atoms with Crippen molar-refractivity contribution in [3.05, 3.63) is 59.7 Å². The van der Waals surface area contributed by atoms with Crippen LogP contribution in [0.5, 0.6) is 0 Å². The van der Waals surface area contributed by atoms with Crippen LogP contribution in [-0.4, -0.2) is 46.8 Å². The SMILES string of the molecule is CC(=O)N1CCCc2cc(NC(=O)[C@@H]3CSCN3C(=O)c3ccccc3)ccc21. The number of rotatable bonds is 3. The van der Waals surface area contributed by atoms with E-state index < -0.39 is 6.04 Å². The van der Waals surface area contributed by atoms with Crippen molar-refractivity contribution in [2.45, 2.75) is 25.8 Å². The van der Waals surface area contributed by atoms with Gasteiger partial charge in [-0.1, -0.05) is 18.2 Å². The van der Waals surface area contributed by atoms with Crippen LogP contribution >= 0.6 is 11.8 Å². The third-order valence-corrected chi connectivity index (χ3v) is 6.32. The molecule has 2 aromatic carbocycles. The topological polar surface area (TPSA) is 69.7 Å². The number of hydrogen-bond donors (Lipinski definition) is 1. The molecule has 0 aliphatic carbocycles. The molecule has 7 heteroatoms. The van der Waals surface area contributed by atoms with E-state index in [9.17, 15) is 14.4 Å². The molecule has 2 heterocycles. The fourth-order valence-electron chi connectivity index (χ4n) is 3.83. The highest BCUT2D eigenvalue weighted by Crippen LogP contribution is 2.30. The molecule has 2 aliphatic heterocycles. The average Bonchev–Trinajstić information content (AvgIpc) is 3.23. The molecule has 3 amide bonds. The van der Waals surface area contributed by atoms with Gasteiger partial charge in [-0.25, -0.2) is 0 Å². The van der Waals surface area contributed by atoms with Crippen LogP contribution in [0, 0.1) is 0 Å². The van der Waals surface area contributed by atoms with E-state index in [1.165, 1.54) is 0 Å². The van der Waals surface area contributed by atoms with E-state index in [-0.39, 0.29) is 17.7 Å². The van der Waals surface area contributed by atoms with Crippen LogP contribution in [0.25, 0.3) is 0 Å². The van der Waals surface area contributed by atoms with Gasteiger partial charge in [-0.2, -0.15) is 0 Å². The van der Waals surface area contributed by atoms with E-state index in [0.29, 0.717) is 22.9 Å². The molecule has 2 aromatic rings. The fraction of sp³-hybridized carbons (Fsp3) is 0.318. The monoisotopic (exact) mass is 409 g/mol. The number of carbonyl (C=O) groups is 3. The van der Waals surface area contributed by atoms with Gasteiger partial charge in [0.15, 0.2) is 0 Å². The normalized spacial score (nSPS) is 18.3. The van der Waals surface area contributed by atoms with Gasteiger partial charge in [0.25, 0.3) is 5.91 Å². The van der Waals surface area contributed by atoms with Gasteiger partial charge in [0.1, 0.15) is 6.04 Å². The van der Waals surface area contributed by atoms with Crippen molar-refractivity contribution in [1.29, 1.82) is 0 Å². The standard InChI is InChI=1S/C22H23N3O3S/c1-15(26)24-11-5-8-17-12-18(9-10-19(17)24)23-21(27)20-13-29-14-25(20)22(28)16-6-3-2-4-7-16/h2-4,6-7,9-10,12,20H,5,8,11,13-14H2,1H3,(H,23,27)/t20-/m0/s1. The van der Waals surface area contributed by atoms with E-state index >= 15 is 0 Å². The number of nitrogens with zero attached hydrogens (tertiary/aromatic N) is 2. The van der Waals surface area contributed by atoms with Gasteiger partial charge >= 0.3 is 0 Å². The first-order chi connectivity index (χ1) is 14.0. The number of fused-ring (bicyclic) bond motifs is 1. The summed E-state index contributed by atoms with van der Waals surface area (Å²) in [6.07, 6.45) is 1.78.